The Kier molecular flexibility index (Phi) is 4.39. The molecule has 5 nitrogen and oxygen atoms in total. The lowest BCUT2D eigenvalue weighted by Gasteiger charge is -2.02. The quantitative estimate of drug-likeness (QED) is 0.828. The summed E-state index contributed by atoms with van der Waals surface area (Å²) in [4.78, 5) is 11.0. The highest BCUT2D eigenvalue weighted by atomic mass is 32.2. The maximum Gasteiger partial charge on any atom is 0.230 e. The van der Waals surface area contributed by atoms with Crippen LogP contribution in [0.25, 0.3) is 0 Å². The first-order valence-corrected chi connectivity index (χ1v) is 7.37. The van der Waals surface area contributed by atoms with Crippen molar-refractivity contribution in [1.82, 2.24) is 10.2 Å². The summed E-state index contributed by atoms with van der Waals surface area (Å²) in [5.41, 5.74) is 7.37. The van der Waals surface area contributed by atoms with Gasteiger partial charge in [0.1, 0.15) is 0 Å². The Morgan fingerprint density at radius 3 is 2.68 bits per heavy atom. The Balaban J connectivity index is 2.01. The fourth-order valence-electron chi connectivity index (χ4n) is 1.28. The third-order valence-electron chi connectivity index (χ3n) is 2.39. The van der Waals surface area contributed by atoms with Crippen LogP contribution in [0.5, 0.6) is 0 Å². The molecule has 2 aromatic rings. The van der Waals surface area contributed by atoms with E-state index in [9.17, 15) is 4.79 Å². The van der Waals surface area contributed by atoms with Gasteiger partial charge in [-0.25, -0.2) is 0 Å². The molecule has 0 spiro atoms. The van der Waals surface area contributed by atoms with E-state index in [4.69, 9.17) is 5.73 Å². The van der Waals surface area contributed by atoms with Gasteiger partial charge in [-0.2, -0.15) is 0 Å². The summed E-state index contributed by atoms with van der Waals surface area (Å²) in [5, 5.41) is 11.6. The van der Waals surface area contributed by atoms with Crippen molar-refractivity contribution in [2.75, 3.05) is 5.32 Å². The first-order valence-electron chi connectivity index (χ1n) is 5.68. The molecule has 2 rings (SSSR count). The number of benzene rings is 1. The number of anilines is 2. The summed E-state index contributed by atoms with van der Waals surface area (Å²) in [5.74, 6) is -0.353. The number of primary amides is 1. The SMILES string of the molecule is Cc1ccc(Nc2nnc(SC(C)C(N)=O)s2)cc1. The first-order chi connectivity index (χ1) is 9.04. The summed E-state index contributed by atoms with van der Waals surface area (Å²) >= 11 is 2.72. The Morgan fingerprint density at radius 1 is 1.37 bits per heavy atom. The van der Waals surface area contributed by atoms with E-state index in [1.807, 2.05) is 31.2 Å². The van der Waals surface area contributed by atoms with E-state index in [2.05, 4.69) is 15.5 Å². The van der Waals surface area contributed by atoms with E-state index in [0.717, 1.165) is 10.0 Å². The predicted molar refractivity (Wildman–Crippen MR) is 78.9 cm³/mol. The standard InChI is InChI=1S/C12H14N4OS2/c1-7-3-5-9(6-4-7)14-11-15-16-12(19-11)18-8(2)10(13)17/h3-6,8H,1-2H3,(H2,13,17)(H,14,15). The van der Waals surface area contributed by atoms with Crippen LogP contribution in [0.15, 0.2) is 28.6 Å². The normalized spacial score (nSPS) is 12.1. The highest BCUT2D eigenvalue weighted by Crippen LogP contribution is 2.30. The van der Waals surface area contributed by atoms with Crippen molar-refractivity contribution >= 4 is 39.8 Å². The van der Waals surface area contributed by atoms with Crippen LogP contribution in [0.4, 0.5) is 10.8 Å². The van der Waals surface area contributed by atoms with Crippen molar-refractivity contribution in [3.05, 3.63) is 29.8 Å². The second-order valence-corrected chi connectivity index (χ2v) is 6.59. The van der Waals surface area contributed by atoms with Crippen molar-refractivity contribution in [2.24, 2.45) is 5.73 Å². The zero-order chi connectivity index (χ0) is 13.8. The minimum atomic E-state index is -0.353. The number of carbonyl (C=O) groups is 1. The average Bonchev–Trinajstić information content (AvgIpc) is 2.79. The van der Waals surface area contributed by atoms with Gasteiger partial charge in [0.15, 0.2) is 4.34 Å². The van der Waals surface area contributed by atoms with E-state index in [1.54, 1.807) is 6.92 Å². The lowest BCUT2D eigenvalue weighted by Crippen LogP contribution is -2.22. The smallest absolute Gasteiger partial charge is 0.230 e. The Labute approximate surface area is 119 Å². The molecule has 0 radical (unpaired) electrons. The van der Waals surface area contributed by atoms with E-state index in [-0.39, 0.29) is 11.2 Å². The molecule has 1 atom stereocenters. The second kappa shape index (κ2) is 6.03. The first kappa shape index (κ1) is 13.8. The molecule has 3 N–H and O–H groups in total. The minimum Gasteiger partial charge on any atom is -0.369 e. The van der Waals surface area contributed by atoms with Crippen LogP contribution in [-0.4, -0.2) is 21.4 Å². The number of aromatic nitrogens is 2. The Bertz CT molecular complexity index is 567. The van der Waals surface area contributed by atoms with Crippen LogP contribution in [0, 0.1) is 6.92 Å². The van der Waals surface area contributed by atoms with Gasteiger partial charge in [0.2, 0.25) is 11.0 Å². The number of carbonyl (C=O) groups excluding carboxylic acids is 1. The summed E-state index contributed by atoms with van der Waals surface area (Å²) in [6, 6.07) is 8.01. The zero-order valence-electron chi connectivity index (χ0n) is 10.6. The molecule has 0 fully saturated rings. The van der Waals surface area contributed by atoms with Crippen LogP contribution in [0.2, 0.25) is 0 Å². The third kappa shape index (κ3) is 3.93. The number of nitrogens with two attached hydrogens (primary N) is 1. The van der Waals surface area contributed by atoms with Gasteiger partial charge in [-0.05, 0) is 26.0 Å². The van der Waals surface area contributed by atoms with Gasteiger partial charge in [0, 0.05) is 5.69 Å². The molecule has 0 bridgehead atoms. The lowest BCUT2D eigenvalue weighted by atomic mass is 10.2. The molecule has 1 aromatic carbocycles. The fourth-order valence-corrected chi connectivity index (χ4v) is 3.14. The van der Waals surface area contributed by atoms with E-state index in [1.165, 1.54) is 28.7 Å². The number of rotatable bonds is 5. The number of thioether (sulfide) groups is 1. The van der Waals surface area contributed by atoms with Gasteiger partial charge in [0.25, 0.3) is 0 Å². The summed E-state index contributed by atoms with van der Waals surface area (Å²) in [6.07, 6.45) is 0. The van der Waals surface area contributed by atoms with Crippen LogP contribution < -0.4 is 11.1 Å². The molecule has 0 saturated carbocycles. The molecular formula is C12H14N4OS2. The maximum atomic E-state index is 11.0. The molecule has 1 unspecified atom stereocenters. The van der Waals surface area contributed by atoms with Gasteiger partial charge in [-0.1, -0.05) is 40.8 Å². The number of aryl methyl sites for hydroxylation is 1. The van der Waals surface area contributed by atoms with Crippen LogP contribution in [-0.2, 0) is 4.79 Å². The molecule has 1 heterocycles. The second-order valence-electron chi connectivity index (χ2n) is 4.03. The topological polar surface area (TPSA) is 80.9 Å². The molecule has 0 saturated heterocycles. The Morgan fingerprint density at radius 2 is 2.05 bits per heavy atom. The van der Waals surface area contributed by atoms with Gasteiger partial charge in [-0.15, -0.1) is 10.2 Å². The molecule has 7 heteroatoms. The number of hydrogen-bond donors (Lipinski definition) is 2. The van der Waals surface area contributed by atoms with E-state index in [0.29, 0.717) is 5.13 Å². The van der Waals surface area contributed by atoms with Gasteiger partial charge in [-0.3, -0.25) is 4.79 Å². The monoisotopic (exact) mass is 294 g/mol. The predicted octanol–water partition coefficient (Wildman–Crippen LogP) is 2.56. The van der Waals surface area contributed by atoms with E-state index >= 15 is 0 Å². The summed E-state index contributed by atoms with van der Waals surface area (Å²) in [6.45, 7) is 3.79. The Hall–Kier alpha value is -1.60. The summed E-state index contributed by atoms with van der Waals surface area (Å²) < 4.78 is 0.723. The number of nitrogens with one attached hydrogen (secondary N) is 1. The van der Waals surface area contributed by atoms with Crippen molar-refractivity contribution in [3.63, 3.8) is 0 Å². The average molecular weight is 294 g/mol. The number of amides is 1. The molecule has 0 aliphatic rings. The van der Waals surface area contributed by atoms with E-state index < -0.39 is 0 Å². The van der Waals surface area contributed by atoms with Gasteiger partial charge < -0.3 is 11.1 Å². The fraction of sp³-hybridized carbons (Fsp3) is 0.250. The van der Waals surface area contributed by atoms with Gasteiger partial charge >= 0.3 is 0 Å². The molecule has 19 heavy (non-hydrogen) atoms. The third-order valence-corrected chi connectivity index (χ3v) is 4.43. The number of nitrogens with zero attached hydrogens (tertiary/aromatic N) is 2. The molecular weight excluding hydrogens is 280 g/mol. The van der Waals surface area contributed by atoms with Crippen molar-refractivity contribution in [3.8, 4) is 0 Å². The molecule has 1 amide bonds. The summed E-state index contributed by atoms with van der Waals surface area (Å²) in [7, 11) is 0. The molecule has 100 valence electrons. The maximum absolute atomic E-state index is 11.0. The van der Waals surface area contributed by atoms with Crippen molar-refractivity contribution < 1.29 is 4.79 Å². The molecule has 0 aliphatic heterocycles. The van der Waals surface area contributed by atoms with Crippen molar-refractivity contribution in [1.29, 1.82) is 0 Å². The number of hydrogen-bond acceptors (Lipinski definition) is 6. The zero-order valence-corrected chi connectivity index (χ0v) is 12.2. The van der Waals surface area contributed by atoms with Crippen LogP contribution >= 0.6 is 23.1 Å². The molecule has 1 aromatic heterocycles. The highest BCUT2D eigenvalue weighted by molar-refractivity contribution is 8.02. The molecule has 0 aliphatic carbocycles. The van der Waals surface area contributed by atoms with Gasteiger partial charge in [0.05, 0.1) is 5.25 Å². The van der Waals surface area contributed by atoms with Crippen LogP contribution in [0.3, 0.4) is 0 Å². The van der Waals surface area contributed by atoms with Crippen LogP contribution in [0.1, 0.15) is 12.5 Å². The lowest BCUT2D eigenvalue weighted by molar-refractivity contribution is -0.117. The largest absolute Gasteiger partial charge is 0.369 e. The van der Waals surface area contributed by atoms with Crippen molar-refractivity contribution in [2.45, 2.75) is 23.4 Å². The highest BCUT2D eigenvalue weighted by Gasteiger charge is 2.14. The minimum absolute atomic E-state index is 0.305.